The van der Waals surface area contributed by atoms with Gasteiger partial charge in [0.1, 0.15) is 24.4 Å². The average molecular weight is 623 g/mol. The molecule has 44 heavy (non-hydrogen) atoms. The van der Waals surface area contributed by atoms with Crippen molar-refractivity contribution in [2.75, 3.05) is 6.61 Å². The van der Waals surface area contributed by atoms with Crippen molar-refractivity contribution in [2.24, 2.45) is 45.3 Å². The van der Waals surface area contributed by atoms with Crippen LogP contribution in [0.4, 0.5) is 0 Å². The first-order chi connectivity index (χ1) is 20.4. The van der Waals surface area contributed by atoms with Gasteiger partial charge in [0.05, 0.1) is 24.4 Å². The van der Waals surface area contributed by atoms with Crippen molar-refractivity contribution >= 4 is 0 Å². The Hall–Kier alpha value is -0.580. The SMILES string of the molecule is CC(C)=CCC[C@@](C)(O[C@H]1O[C@@H](CO)[C@H](O)[C@@H](O)[C@@H]1O)[C@@H]1CC[C@@]2(C)[C@H]1[C@@H](O)C[C@H]1[C@]3(C)CC[C@@H](O)C(C)(C)[C@H]3CC[C@@]12C. The topological polar surface area (TPSA) is 140 Å². The largest absolute Gasteiger partial charge is 0.394 e. The maximum atomic E-state index is 12.2. The van der Waals surface area contributed by atoms with E-state index in [1.165, 1.54) is 5.57 Å². The molecule has 0 amide bonds. The van der Waals surface area contributed by atoms with E-state index in [2.05, 4.69) is 61.5 Å². The van der Waals surface area contributed by atoms with Crippen molar-refractivity contribution in [2.45, 2.75) is 162 Å². The van der Waals surface area contributed by atoms with Gasteiger partial charge < -0.3 is 40.1 Å². The fourth-order valence-corrected chi connectivity index (χ4v) is 11.8. The Kier molecular flexibility index (Phi) is 9.35. The number of rotatable bonds is 7. The molecule has 5 fully saturated rings. The third-order valence-electron chi connectivity index (χ3n) is 14.6. The van der Waals surface area contributed by atoms with Crippen LogP contribution in [-0.4, -0.2) is 85.8 Å². The highest BCUT2D eigenvalue weighted by Gasteiger charge is 2.71. The molecule has 1 aliphatic heterocycles. The molecule has 1 saturated heterocycles. The first kappa shape index (κ1) is 34.7. The van der Waals surface area contributed by atoms with Crippen LogP contribution in [0.5, 0.6) is 0 Å². The van der Waals surface area contributed by atoms with Crippen LogP contribution < -0.4 is 0 Å². The molecular formula is C36H62O8. The molecule has 8 heteroatoms. The lowest BCUT2D eigenvalue weighted by Crippen LogP contribution is -2.67. The van der Waals surface area contributed by atoms with Crippen LogP contribution in [0.3, 0.4) is 0 Å². The van der Waals surface area contributed by atoms with Gasteiger partial charge in [0.2, 0.25) is 0 Å². The van der Waals surface area contributed by atoms with Crippen LogP contribution in [0.15, 0.2) is 11.6 Å². The van der Waals surface area contributed by atoms with Gasteiger partial charge in [0.25, 0.3) is 0 Å². The monoisotopic (exact) mass is 622 g/mol. The molecular weight excluding hydrogens is 560 g/mol. The minimum Gasteiger partial charge on any atom is -0.394 e. The van der Waals surface area contributed by atoms with Crippen LogP contribution in [-0.2, 0) is 9.47 Å². The predicted octanol–water partition coefficient (Wildman–Crippen LogP) is 4.32. The lowest BCUT2D eigenvalue weighted by molar-refractivity contribution is -0.336. The summed E-state index contributed by atoms with van der Waals surface area (Å²) >= 11 is 0. The summed E-state index contributed by atoms with van der Waals surface area (Å²) in [6.45, 7) is 17.5. The molecule has 1 heterocycles. The Labute approximate surface area is 265 Å². The second-order valence-corrected chi connectivity index (χ2v) is 17.3. The molecule has 4 saturated carbocycles. The van der Waals surface area contributed by atoms with E-state index in [0.717, 1.165) is 51.4 Å². The van der Waals surface area contributed by atoms with Gasteiger partial charge in [-0.25, -0.2) is 0 Å². The first-order valence-electron chi connectivity index (χ1n) is 17.3. The summed E-state index contributed by atoms with van der Waals surface area (Å²) in [6.07, 6.45) is 2.60. The van der Waals surface area contributed by atoms with Gasteiger partial charge >= 0.3 is 0 Å². The van der Waals surface area contributed by atoms with E-state index in [0.29, 0.717) is 18.3 Å². The fourth-order valence-electron chi connectivity index (χ4n) is 11.8. The van der Waals surface area contributed by atoms with Crippen LogP contribution in [0.25, 0.3) is 0 Å². The number of ether oxygens (including phenoxy) is 2. The second-order valence-electron chi connectivity index (χ2n) is 17.3. The zero-order valence-corrected chi connectivity index (χ0v) is 28.5. The molecule has 0 radical (unpaired) electrons. The van der Waals surface area contributed by atoms with E-state index in [-0.39, 0.29) is 39.6 Å². The van der Waals surface area contributed by atoms with Crippen molar-refractivity contribution in [1.29, 1.82) is 0 Å². The number of fused-ring (bicyclic) bond motifs is 5. The van der Waals surface area contributed by atoms with Crippen LogP contribution >= 0.6 is 0 Å². The number of allylic oxidation sites excluding steroid dienone is 2. The molecule has 0 spiro atoms. The molecule has 0 bridgehead atoms. The summed E-state index contributed by atoms with van der Waals surface area (Å²) < 4.78 is 12.6. The number of aliphatic hydroxyl groups is 6. The van der Waals surface area contributed by atoms with Gasteiger partial charge in [-0.1, -0.05) is 46.3 Å². The Bertz CT molecular complexity index is 1070. The lowest BCUT2D eigenvalue weighted by atomic mass is 9.35. The molecule has 6 N–H and O–H groups in total. The molecule has 15 atom stereocenters. The minimum atomic E-state index is -1.50. The molecule has 5 aliphatic rings. The Morgan fingerprint density at radius 3 is 2.16 bits per heavy atom. The van der Waals surface area contributed by atoms with E-state index in [9.17, 15) is 30.6 Å². The molecule has 8 nitrogen and oxygen atoms in total. The maximum absolute atomic E-state index is 12.2. The highest BCUT2D eigenvalue weighted by Crippen LogP contribution is 2.76. The lowest BCUT2D eigenvalue weighted by Gasteiger charge is -2.70. The summed E-state index contributed by atoms with van der Waals surface area (Å²) in [6, 6.07) is 0. The standard InChI is InChI=1S/C36H62O8/c1-20(2)10-9-14-36(8,44-31-30(42)29(41)28(40)23(19-37)43-31)21-11-16-35(7)27(21)22(38)18-25-33(5)15-13-26(39)32(3,4)24(33)12-17-34(25,35)6/h10,21-31,37-42H,9,11-19H2,1-8H3/t21-,22+,23+,24-,25+,26-,27-,28+,29-,30+,31-,33-,34+,35+,36-/m1/s1. The third-order valence-corrected chi connectivity index (χ3v) is 14.6. The van der Waals surface area contributed by atoms with Crippen LogP contribution in [0.1, 0.15) is 113 Å². The van der Waals surface area contributed by atoms with Gasteiger partial charge in [-0.05, 0) is 124 Å². The summed E-state index contributed by atoms with van der Waals surface area (Å²) in [5.41, 5.74) is 0.171. The van der Waals surface area contributed by atoms with Crippen molar-refractivity contribution < 1.29 is 40.1 Å². The molecule has 0 unspecified atom stereocenters. The zero-order valence-electron chi connectivity index (χ0n) is 28.5. The average Bonchev–Trinajstić information content (AvgIpc) is 3.33. The third kappa shape index (κ3) is 5.17. The van der Waals surface area contributed by atoms with Crippen molar-refractivity contribution in [3.8, 4) is 0 Å². The van der Waals surface area contributed by atoms with Gasteiger partial charge in [0.15, 0.2) is 6.29 Å². The summed E-state index contributed by atoms with van der Waals surface area (Å²) in [7, 11) is 0. The Morgan fingerprint density at radius 1 is 0.864 bits per heavy atom. The van der Waals surface area contributed by atoms with Crippen molar-refractivity contribution in [3.05, 3.63) is 11.6 Å². The second kappa shape index (κ2) is 11.8. The van der Waals surface area contributed by atoms with Gasteiger partial charge in [-0.15, -0.1) is 0 Å². The molecule has 0 aromatic heterocycles. The van der Waals surface area contributed by atoms with Gasteiger partial charge in [0, 0.05) is 0 Å². The highest BCUT2D eigenvalue weighted by molar-refractivity contribution is 5.20. The smallest absolute Gasteiger partial charge is 0.187 e. The van der Waals surface area contributed by atoms with Gasteiger partial charge in [-0.2, -0.15) is 0 Å². The van der Waals surface area contributed by atoms with E-state index in [1.54, 1.807) is 0 Å². The molecule has 0 aromatic carbocycles. The van der Waals surface area contributed by atoms with Crippen LogP contribution in [0.2, 0.25) is 0 Å². The van der Waals surface area contributed by atoms with Gasteiger partial charge in [-0.3, -0.25) is 0 Å². The first-order valence-corrected chi connectivity index (χ1v) is 17.3. The zero-order chi connectivity index (χ0) is 32.6. The molecule has 5 rings (SSSR count). The summed E-state index contributed by atoms with van der Waals surface area (Å²) in [5.74, 6) is 0.713. The molecule has 4 aliphatic carbocycles. The Morgan fingerprint density at radius 2 is 1.52 bits per heavy atom. The predicted molar refractivity (Wildman–Crippen MR) is 168 cm³/mol. The summed E-state index contributed by atoms with van der Waals surface area (Å²) in [4.78, 5) is 0. The number of hydrogen-bond donors (Lipinski definition) is 6. The van der Waals surface area contributed by atoms with Crippen LogP contribution in [0, 0.1) is 45.3 Å². The number of hydrogen-bond acceptors (Lipinski definition) is 8. The molecule has 254 valence electrons. The van der Waals surface area contributed by atoms with Crippen molar-refractivity contribution in [3.63, 3.8) is 0 Å². The minimum absolute atomic E-state index is 0.0131. The summed E-state index contributed by atoms with van der Waals surface area (Å²) in [5, 5.41) is 65.0. The van der Waals surface area contributed by atoms with E-state index < -0.39 is 49.0 Å². The Balaban J connectivity index is 1.49. The molecule has 0 aromatic rings. The normalized spacial score (nSPS) is 51.5. The van der Waals surface area contributed by atoms with Crippen molar-refractivity contribution in [1.82, 2.24) is 0 Å². The number of aliphatic hydroxyl groups excluding tert-OH is 6. The highest BCUT2D eigenvalue weighted by atomic mass is 16.7. The fraction of sp³-hybridized carbons (Fsp3) is 0.944. The maximum Gasteiger partial charge on any atom is 0.187 e. The quantitative estimate of drug-likeness (QED) is 0.231. The van der Waals surface area contributed by atoms with E-state index in [4.69, 9.17) is 9.47 Å². The van der Waals surface area contributed by atoms with E-state index >= 15 is 0 Å². The van der Waals surface area contributed by atoms with E-state index in [1.807, 2.05) is 0 Å².